The maximum absolute atomic E-state index is 12.6. The van der Waals surface area contributed by atoms with Gasteiger partial charge < -0.3 is 15.0 Å². The van der Waals surface area contributed by atoms with Crippen molar-refractivity contribution in [2.45, 2.75) is 18.9 Å². The first-order valence-corrected chi connectivity index (χ1v) is 8.40. The Morgan fingerprint density at radius 1 is 1.31 bits per heavy atom. The molecule has 2 amide bonds. The van der Waals surface area contributed by atoms with Crippen LogP contribution in [0.4, 0.5) is 0 Å². The molecule has 0 aliphatic carbocycles. The Labute approximate surface area is 149 Å². The molecule has 2 aromatic rings. The average Bonchev–Trinajstić information content (AvgIpc) is 3.01. The number of ether oxygens (including phenoxy) is 1. The van der Waals surface area contributed by atoms with Gasteiger partial charge in [0.1, 0.15) is 18.3 Å². The number of aryl methyl sites for hydroxylation is 1. The first-order valence-electron chi connectivity index (χ1n) is 8.40. The number of amides is 2. The Bertz CT molecular complexity index is 933. The van der Waals surface area contributed by atoms with E-state index in [1.807, 2.05) is 24.3 Å². The molecule has 0 spiro atoms. The summed E-state index contributed by atoms with van der Waals surface area (Å²) in [5.41, 5.74) is 0.899. The highest BCUT2D eigenvalue weighted by Crippen LogP contribution is 2.35. The Kier molecular flexibility index (Phi) is 3.95. The summed E-state index contributed by atoms with van der Waals surface area (Å²) < 4.78 is 5.56. The summed E-state index contributed by atoms with van der Waals surface area (Å²) in [4.78, 5) is 38.3. The molecule has 4 rings (SSSR count). The molecule has 1 unspecified atom stereocenters. The molecule has 0 radical (unpaired) electrons. The van der Waals surface area contributed by atoms with Crippen LogP contribution in [-0.4, -0.2) is 52.6 Å². The third-order valence-corrected chi connectivity index (χ3v) is 4.67. The van der Waals surface area contributed by atoms with Crippen molar-refractivity contribution in [1.82, 2.24) is 20.4 Å². The highest BCUT2D eigenvalue weighted by Gasteiger charge is 2.39. The lowest BCUT2D eigenvalue weighted by Crippen LogP contribution is -2.62. The first-order chi connectivity index (χ1) is 12.5. The van der Waals surface area contributed by atoms with Crippen molar-refractivity contribution in [3.05, 3.63) is 57.5 Å². The van der Waals surface area contributed by atoms with E-state index in [4.69, 9.17) is 4.74 Å². The zero-order chi connectivity index (χ0) is 18.3. The van der Waals surface area contributed by atoms with E-state index in [1.165, 1.54) is 6.07 Å². The second-order valence-electron chi connectivity index (χ2n) is 6.58. The zero-order valence-corrected chi connectivity index (χ0v) is 14.2. The van der Waals surface area contributed by atoms with Crippen molar-refractivity contribution in [2.24, 2.45) is 0 Å². The molecule has 2 aliphatic rings. The smallest absolute Gasteiger partial charge is 0.276 e. The summed E-state index contributed by atoms with van der Waals surface area (Å²) in [5.74, 6) is -0.0880. The topological polar surface area (TPSA) is 104 Å². The minimum absolute atomic E-state index is 0.00763. The lowest BCUT2D eigenvalue weighted by atomic mass is 9.97. The number of rotatable bonds is 3. The molecule has 1 fully saturated rings. The number of fused-ring (bicyclic) bond motifs is 1. The van der Waals surface area contributed by atoms with Crippen LogP contribution in [0.2, 0.25) is 0 Å². The number of carbonyl (C=O) groups is 2. The molecule has 8 nitrogen and oxygen atoms in total. The monoisotopic (exact) mass is 354 g/mol. The number of nitrogens with one attached hydrogen (secondary N) is 2. The molecule has 1 saturated heterocycles. The summed E-state index contributed by atoms with van der Waals surface area (Å²) in [5, 5.41) is 9.14. The Morgan fingerprint density at radius 3 is 2.85 bits per heavy atom. The molecular weight excluding hydrogens is 336 g/mol. The fourth-order valence-corrected chi connectivity index (χ4v) is 3.25. The summed E-state index contributed by atoms with van der Waals surface area (Å²) in [6.07, 6.45) is 0. The van der Waals surface area contributed by atoms with E-state index < -0.39 is 11.3 Å². The van der Waals surface area contributed by atoms with Crippen LogP contribution in [0.25, 0.3) is 0 Å². The van der Waals surface area contributed by atoms with Crippen molar-refractivity contribution < 1.29 is 14.3 Å². The van der Waals surface area contributed by atoms with Crippen molar-refractivity contribution in [3.63, 3.8) is 0 Å². The van der Waals surface area contributed by atoms with Crippen molar-refractivity contribution >= 4 is 11.8 Å². The van der Waals surface area contributed by atoms with Crippen LogP contribution in [0.15, 0.2) is 35.1 Å². The number of hydrogen-bond acceptors (Lipinski definition) is 5. The average molecular weight is 354 g/mol. The van der Waals surface area contributed by atoms with Crippen LogP contribution in [-0.2, 0) is 4.79 Å². The van der Waals surface area contributed by atoms with E-state index in [1.54, 1.807) is 11.8 Å². The number of likely N-dealkylation sites (tertiary alicyclic amines) is 1. The minimum atomic E-state index is -0.530. The van der Waals surface area contributed by atoms with Crippen LogP contribution in [0.1, 0.15) is 27.7 Å². The van der Waals surface area contributed by atoms with Crippen LogP contribution < -0.4 is 15.5 Å². The number of benzene rings is 1. The van der Waals surface area contributed by atoms with Gasteiger partial charge in [0, 0.05) is 30.4 Å². The SMILES string of the molecule is Cc1cc(=O)c(C(=O)NC2CN(C(=O)C3COc4ccccc43)C2)n[nH]1. The van der Waals surface area contributed by atoms with E-state index >= 15 is 0 Å². The van der Waals surface area contributed by atoms with Gasteiger partial charge in [-0.3, -0.25) is 19.5 Å². The van der Waals surface area contributed by atoms with Crippen molar-refractivity contribution in [3.8, 4) is 5.75 Å². The standard InChI is InChI=1S/C18H18N4O4/c1-10-6-14(23)16(21-20-10)17(24)19-11-7-22(8-11)18(25)13-9-26-15-5-3-2-4-12(13)15/h2-6,11,13H,7-9H2,1H3,(H,19,24)(H,20,23). The van der Waals surface area contributed by atoms with Crippen LogP contribution >= 0.6 is 0 Å². The fraction of sp³-hybridized carbons (Fsp3) is 0.333. The Morgan fingerprint density at radius 2 is 2.08 bits per heavy atom. The normalized spacial score (nSPS) is 18.7. The minimum Gasteiger partial charge on any atom is -0.492 e. The predicted molar refractivity (Wildman–Crippen MR) is 92.1 cm³/mol. The molecule has 0 bridgehead atoms. The van der Waals surface area contributed by atoms with E-state index in [9.17, 15) is 14.4 Å². The third-order valence-electron chi connectivity index (χ3n) is 4.67. The third kappa shape index (κ3) is 2.83. The summed E-state index contributed by atoms with van der Waals surface area (Å²) in [6.45, 7) is 2.85. The van der Waals surface area contributed by atoms with Gasteiger partial charge in [-0.15, -0.1) is 0 Å². The molecule has 134 valence electrons. The van der Waals surface area contributed by atoms with Gasteiger partial charge in [0.25, 0.3) is 5.91 Å². The van der Waals surface area contributed by atoms with E-state index in [2.05, 4.69) is 15.5 Å². The molecule has 1 aromatic carbocycles. The summed E-state index contributed by atoms with van der Waals surface area (Å²) in [6, 6.07) is 8.66. The molecule has 1 atom stereocenters. The molecular formula is C18H18N4O4. The number of carbonyl (C=O) groups excluding carboxylic acids is 2. The zero-order valence-electron chi connectivity index (χ0n) is 14.2. The molecule has 0 saturated carbocycles. The molecule has 2 N–H and O–H groups in total. The molecule has 8 heteroatoms. The number of hydrogen-bond donors (Lipinski definition) is 2. The second-order valence-corrected chi connectivity index (χ2v) is 6.58. The largest absolute Gasteiger partial charge is 0.492 e. The highest BCUT2D eigenvalue weighted by atomic mass is 16.5. The summed E-state index contributed by atoms with van der Waals surface area (Å²) >= 11 is 0. The molecule has 3 heterocycles. The lowest BCUT2D eigenvalue weighted by molar-refractivity contribution is -0.137. The van der Waals surface area contributed by atoms with Gasteiger partial charge in [-0.1, -0.05) is 18.2 Å². The van der Waals surface area contributed by atoms with Crippen LogP contribution in [0.5, 0.6) is 5.75 Å². The maximum atomic E-state index is 12.6. The van der Waals surface area contributed by atoms with E-state index in [-0.39, 0.29) is 23.6 Å². The van der Waals surface area contributed by atoms with Gasteiger partial charge in [0.05, 0.1) is 6.04 Å². The highest BCUT2D eigenvalue weighted by molar-refractivity contribution is 5.92. The van der Waals surface area contributed by atoms with Gasteiger partial charge in [0.15, 0.2) is 5.69 Å². The van der Waals surface area contributed by atoms with Crippen molar-refractivity contribution in [2.75, 3.05) is 19.7 Å². The maximum Gasteiger partial charge on any atom is 0.276 e. The molecule has 26 heavy (non-hydrogen) atoms. The molecule has 1 aromatic heterocycles. The number of aromatic nitrogens is 2. The fourth-order valence-electron chi connectivity index (χ4n) is 3.25. The van der Waals surface area contributed by atoms with Crippen LogP contribution in [0, 0.1) is 6.92 Å². The van der Waals surface area contributed by atoms with Gasteiger partial charge in [-0.25, -0.2) is 0 Å². The summed E-state index contributed by atoms with van der Waals surface area (Å²) in [7, 11) is 0. The number of para-hydroxylation sites is 1. The second kappa shape index (κ2) is 6.29. The lowest BCUT2D eigenvalue weighted by Gasteiger charge is -2.40. The van der Waals surface area contributed by atoms with Crippen molar-refractivity contribution in [1.29, 1.82) is 0 Å². The number of H-pyrrole nitrogens is 1. The Hall–Kier alpha value is -3.16. The quantitative estimate of drug-likeness (QED) is 0.819. The number of aromatic amines is 1. The van der Waals surface area contributed by atoms with Gasteiger partial charge in [-0.05, 0) is 13.0 Å². The van der Waals surface area contributed by atoms with E-state index in [0.29, 0.717) is 25.4 Å². The van der Waals surface area contributed by atoms with Gasteiger partial charge >= 0.3 is 0 Å². The van der Waals surface area contributed by atoms with E-state index in [0.717, 1.165) is 11.3 Å². The van der Waals surface area contributed by atoms with Gasteiger partial charge in [-0.2, -0.15) is 5.10 Å². The van der Waals surface area contributed by atoms with Gasteiger partial charge in [0.2, 0.25) is 11.3 Å². The molecule has 2 aliphatic heterocycles. The number of nitrogens with zero attached hydrogens (tertiary/aromatic N) is 2. The first kappa shape index (κ1) is 16.3. The predicted octanol–water partition coefficient (Wildman–Crippen LogP) is 0.195. The van der Waals surface area contributed by atoms with Crippen LogP contribution in [0.3, 0.4) is 0 Å². The Balaban J connectivity index is 1.35.